The van der Waals surface area contributed by atoms with Crippen LogP contribution in [0.1, 0.15) is 86.0 Å². The molecule has 0 spiro atoms. The minimum absolute atomic E-state index is 0.153. The van der Waals surface area contributed by atoms with Crippen LogP contribution in [0.15, 0.2) is 48.1 Å². The van der Waals surface area contributed by atoms with Gasteiger partial charge in [0.15, 0.2) is 17.0 Å². The number of Topliss-reactive ketones (excluding diaryl/α,β-unsaturated/α-hetero) is 1. The number of aliphatic hydroxyl groups is 3. The van der Waals surface area contributed by atoms with Crippen LogP contribution in [-0.4, -0.2) is 92.6 Å². The summed E-state index contributed by atoms with van der Waals surface area (Å²) in [5.74, 6) is -5.38. The van der Waals surface area contributed by atoms with Gasteiger partial charge in [0, 0.05) is 30.8 Å². The molecular formula is C37H50O12. The van der Waals surface area contributed by atoms with Crippen molar-refractivity contribution in [2.75, 3.05) is 6.61 Å². The number of epoxide rings is 1. The molecule has 2 saturated carbocycles. The fourth-order valence-corrected chi connectivity index (χ4v) is 9.37. The van der Waals surface area contributed by atoms with Crippen LogP contribution in [0.3, 0.4) is 0 Å². The van der Waals surface area contributed by atoms with Gasteiger partial charge >= 0.3 is 18.1 Å². The Kier molecular flexibility index (Phi) is 9.43. The molecule has 3 aliphatic heterocycles. The molecule has 0 aromatic heterocycles. The van der Waals surface area contributed by atoms with E-state index in [0.29, 0.717) is 5.57 Å². The molecule has 49 heavy (non-hydrogen) atoms. The molecule has 12 atom stereocenters. The van der Waals surface area contributed by atoms with Crippen molar-refractivity contribution in [3.8, 4) is 0 Å². The summed E-state index contributed by atoms with van der Waals surface area (Å²) in [4.78, 5) is 39.7. The molecule has 3 saturated heterocycles. The third-order valence-corrected chi connectivity index (χ3v) is 11.7. The van der Waals surface area contributed by atoms with Crippen molar-refractivity contribution in [3.05, 3.63) is 48.1 Å². The molecule has 5 fully saturated rings. The number of hydrogen-bond donors (Lipinski definition) is 3. The highest BCUT2D eigenvalue weighted by molar-refractivity contribution is 6.05. The van der Waals surface area contributed by atoms with E-state index in [1.54, 1.807) is 26.0 Å². The molecule has 6 rings (SSSR count). The van der Waals surface area contributed by atoms with Gasteiger partial charge in [0.2, 0.25) is 0 Å². The van der Waals surface area contributed by atoms with Crippen molar-refractivity contribution in [3.63, 3.8) is 0 Å². The van der Waals surface area contributed by atoms with Crippen LogP contribution < -0.4 is 0 Å². The number of esters is 2. The maximum Gasteiger partial charge on any atom is 0.465 e. The zero-order chi connectivity index (χ0) is 35.6. The highest BCUT2D eigenvalue weighted by Crippen LogP contribution is 2.73. The molecule has 3 aliphatic carbocycles. The van der Waals surface area contributed by atoms with E-state index in [1.807, 2.05) is 6.08 Å². The molecule has 0 aromatic rings. The van der Waals surface area contributed by atoms with Crippen LogP contribution in [0.5, 0.6) is 0 Å². The lowest BCUT2D eigenvalue weighted by molar-refractivity contribution is -0.509. The molecule has 0 aromatic carbocycles. The Labute approximate surface area is 287 Å². The number of ketones is 1. The average Bonchev–Trinajstić information content (AvgIpc) is 3.68. The van der Waals surface area contributed by atoms with E-state index < -0.39 is 95.1 Å². The first-order valence-corrected chi connectivity index (χ1v) is 17.6. The van der Waals surface area contributed by atoms with Gasteiger partial charge in [-0.25, -0.2) is 4.79 Å². The van der Waals surface area contributed by atoms with Gasteiger partial charge in [-0.1, -0.05) is 83.3 Å². The minimum atomic E-state index is -2.52. The summed E-state index contributed by atoms with van der Waals surface area (Å²) in [7, 11) is 0. The summed E-state index contributed by atoms with van der Waals surface area (Å²) in [6, 6.07) is 0. The topological polar surface area (TPSA) is 171 Å². The van der Waals surface area contributed by atoms with E-state index in [0.717, 1.165) is 19.3 Å². The van der Waals surface area contributed by atoms with Gasteiger partial charge in [-0.3, -0.25) is 23.8 Å². The molecule has 6 aliphatic rings. The molecule has 0 radical (unpaired) electrons. The third kappa shape index (κ3) is 5.16. The fourth-order valence-electron chi connectivity index (χ4n) is 9.37. The first kappa shape index (κ1) is 36.1. The molecule has 0 amide bonds. The van der Waals surface area contributed by atoms with Crippen LogP contribution in [0.2, 0.25) is 0 Å². The average molecular weight is 687 g/mol. The summed E-state index contributed by atoms with van der Waals surface area (Å²) in [6.45, 7) is 11.7. The number of ether oxygens (including phenoxy) is 6. The molecule has 3 heterocycles. The third-order valence-electron chi connectivity index (χ3n) is 11.7. The van der Waals surface area contributed by atoms with Crippen molar-refractivity contribution >= 4 is 17.7 Å². The smallest absolute Gasteiger partial charge is 0.459 e. The zero-order valence-corrected chi connectivity index (χ0v) is 29.0. The standard InChI is InChI=1S/C37H50O12/c1-7-8-9-10-11-12-13-14-15-16-17-18-26(40)45-37-47-31-27-30-33(20-38,46-30)32(42)34(43)25(19-22(4)28(34)41)36(27,49-37)23(5)29(44-24(6)39)35(31,48-37)21(2)3/h15-19,23,25,27,29-32,38,42-43H,2,7-14,20H2,1,3-6H3/b16-15+,18-17+/t23-,25?,27?,29-,30+,31-,32-,33+,34-,35+,36+,37?/m1/s1. The van der Waals surface area contributed by atoms with Gasteiger partial charge < -0.3 is 29.5 Å². The Morgan fingerprint density at radius 2 is 1.73 bits per heavy atom. The van der Waals surface area contributed by atoms with E-state index in [1.165, 1.54) is 58.1 Å². The second-order valence-corrected chi connectivity index (χ2v) is 14.7. The number of allylic oxidation sites excluding steroid dienone is 3. The Morgan fingerprint density at radius 3 is 2.39 bits per heavy atom. The molecule has 270 valence electrons. The number of carbonyl (C=O) groups excluding carboxylic acids is 3. The van der Waals surface area contributed by atoms with Gasteiger partial charge in [0.1, 0.15) is 35.6 Å². The monoisotopic (exact) mass is 686 g/mol. The molecule has 3 unspecified atom stereocenters. The number of fused-ring (bicyclic) bond motifs is 3. The summed E-state index contributed by atoms with van der Waals surface area (Å²) in [5, 5.41) is 34.6. The van der Waals surface area contributed by atoms with Gasteiger partial charge in [-0.05, 0) is 37.8 Å². The number of aliphatic hydroxyl groups excluding tert-OH is 2. The summed E-state index contributed by atoms with van der Waals surface area (Å²) < 4.78 is 37.4. The Balaban J connectivity index is 1.33. The van der Waals surface area contributed by atoms with Crippen LogP contribution in [0.25, 0.3) is 0 Å². The quantitative estimate of drug-likeness (QED) is 0.0608. The first-order chi connectivity index (χ1) is 23.2. The fraction of sp³-hybridized carbons (Fsp3) is 0.703. The second-order valence-electron chi connectivity index (χ2n) is 14.7. The van der Waals surface area contributed by atoms with Crippen LogP contribution >= 0.6 is 0 Å². The maximum atomic E-state index is 13.7. The summed E-state index contributed by atoms with van der Waals surface area (Å²) >= 11 is 0. The van der Waals surface area contributed by atoms with Crippen molar-refractivity contribution in [2.45, 2.75) is 139 Å². The lowest BCUT2D eigenvalue weighted by atomic mass is 9.53. The second kappa shape index (κ2) is 12.8. The number of unbranched alkanes of at least 4 members (excludes halogenated alkanes) is 7. The van der Waals surface area contributed by atoms with Gasteiger partial charge in [-0.15, -0.1) is 0 Å². The molecule has 12 nitrogen and oxygen atoms in total. The predicted molar refractivity (Wildman–Crippen MR) is 173 cm³/mol. The summed E-state index contributed by atoms with van der Waals surface area (Å²) in [6.07, 6.45) is 9.58. The van der Waals surface area contributed by atoms with E-state index in [-0.39, 0.29) is 5.57 Å². The molecule has 3 bridgehead atoms. The SMILES string of the molecule is C=C(C)[C@@]12OC3(OC(=O)/C=C/C=C/CCCCCCCCC)O[C@@H]1C1[C@@H]4O[C@]4(CO)[C@@H](O)[C@]4(O)C(=O)C(C)=CC4[C@@]1(O3)[C@H](C)[C@H]2OC(C)=O. The largest absolute Gasteiger partial charge is 0.465 e. The van der Waals surface area contributed by atoms with Crippen molar-refractivity contribution in [1.29, 1.82) is 0 Å². The molecular weight excluding hydrogens is 636 g/mol. The summed E-state index contributed by atoms with van der Waals surface area (Å²) in [5.41, 5.74) is -7.14. The predicted octanol–water partition coefficient (Wildman–Crippen LogP) is 3.47. The van der Waals surface area contributed by atoms with Crippen molar-refractivity contribution in [1.82, 2.24) is 0 Å². The van der Waals surface area contributed by atoms with Crippen LogP contribution in [-0.2, 0) is 42.8 Å². The van der Waals surface area contributed by atoms with E-state index >= 15 is 0 Å². The highest BCUT2D eigenvalue weighted by Gasteiger charge is 2.91. The lowest BCUT2D eigenvalue weighted by Crippen LogP contribution is -2.76. The Bertz CT molecular complexity index is 1470. The van der Waals surface area contributed by atoms with Crippen molar-refractivity contribution in [2.24, 2.45) is 17.8 Å². The highest BCUT2D eigenvalue weighted by atomic mass is 17.1. The number of hydrogen-bond acceptors (Lipinski definition) is 12. The maximum absolute atomic E-state index is 13.7. The van der Waals surface area contributed by atoms with E-state index in [4.69, 9.17) is 28.4 Å². The number of rotatable bonds is 14. The van der Waals surface area contributed by atoms with E-state index in [9.17, 15) is 29.7 Å². The zero-order valence-electron chi connectivity index (χ0n) is 29.0. The minimum Gasteiger partial charge on any atom is -0.459 e. The van der Waals surface area contributed by atoms with Crippen LogP contribution in [0, 0.1) is 17.8 Å². The Hall–Kier alpha value is -2.71. The molecule has 3 N–H and O–H groups in total. The Morgan fingerprint density at radius 1 is 1.04 bits per heavy atom. The van der Waals surface area contributed by atoms with Gasteiger partial charge in [0.05, 0.1) is 6.61 Å². The first-order valence-electron chi connectivity index (χ1n) is 17.6. The van der Waals surface area contributed by atoms with Gasteiger partial charge in [0.25, 0.3) is 0 Å². The normalized spacial score (nSPS) is 44.4. The molecule has 12 heteroatoms. The van der Waals surface area contributed by atoms with Crippen LogP contribution in [0.4, 0.5) is 0 Å². The van der Waals surface area contributed by atoms with E-state index in [2.05, 4.69) is 13.5 Å². The lowest BCUT2D eigenvalue weighted by Gasteiger charge is -2.60. The van der Waals surface area contributed by atoms with Crippen molar-refractivity contribution < 1.29 is 58.1 Å². The van der Waals surface area contributed by atoms with Gasteiger partial charge in [-0.2, -0.15) is 0 Å². The number of carbonyl (C=O) groups is 3.